The lowest BCUT2D eigenvalue weighted by atomic mass is 10.1. The predicted octanol–water partition coefficient (Wildman–Crippen LogP) is 5.20. The van der Waals surface area contributed by atoms with Gasteiger partial charge in [0.05, 0.1) is 11.3 Å². The largest absolute Gasteiger partial charge is 0.383 e. The molecule has 4 nitrogen and oxygen atoms in total. The lowest BCUT2D eigenvalue weighted by molar-refractivity contribution is 0.425. The molecule has 2 N–H and O–H groups in total. The van der Waals surface area contributed by atoms with Crippen LogP contribution in [0.1, 0.15) is 16.8 Å². The van der Waals surface area contributed by atoms with Gasteiger partial charge in [-0.15, -0.1) is 11.8 Å². The Morgan fingerprint density at radius 1 is 0.889 bits per heavy atom. The van der Waals surface area contributed by atoms with Crippen LogP contribution in [-0.2, 0) is 12.2 Å². The highest BCUT2D eigenvalue weighted by atomic mass is 32.2. The van der Waals surface area contributed by atoms with E-state index in [2.05, 4.69) is 58.7 Å². The van der Waals surface area contributed by atoms with Gasteiger partial charge in [0.25, 0.3) is 0 Å². The molecular weight excluding hydrogens is 354 g/mol. The van der Waals surface area contributed by atoms with Crippen molar-refractivity contribution in [1.82, 2.24) is 10.1 Å². The van der Waals surface area contributed by atoms with E-state index in [1.165, 1.54) is 16.0 Å². The summed E-state index contributed by atoms with van der Waals surface area (Å²) in [6, 6.07) is 24.7. The Bertz CT molecular complexity index is 1010. The minimum Gasteiger partial charge on any atom is -0.383 e. The van der Waals surface area contributed by atoms with Gasteiger partial charge in [0, 0.05) is 29.3 Å². The van der Waals surface area contributed by atoms with Crippen LogP contribution in [0.15, 0.2) is 88.4 Å². The fraction of sp³-hybridized carbons (Fsp3) is 0.0909. The second-order valence-corrected chi connectivity index (χ2v) is 7.26. The molecule has 2 aromatic carbocycles. The summed E-state index contributed by atoms with van der Waals surface area (Å²) in [7, 11) is 0. The average molecular weight is 373 g/mol. The molecule has 134 valence electrons. The topological polar surface area (TPSA) is 64.9 Å². The molecule has 0 radical (unpaired) electrons. The van der Waals surface area contributed by atoms with Crippen LogP contribution >= 0.6 is 11.8 Å². The van der Waals surface area contributed by atoms with Crippen LogP contribution in [0.3, 0.4) is 0 Å². The molecule has 4 aromatic rings. The number of nitrogens with two attached hydrogens (primary N) is 1. The van der Waals surface area contributed by atoms with E-state index in [1.54, 1.807) is 6.20 Å². The van der Waals surface area contributed by atoms with Gasteiger partial charge in [0.15, 0.2) is 5.76 Å². The Labute approximate surface area is 162 Å². The Morgan fingerprint density at radius 2 is 1.67 bits per heavy atom. The number of aromatic nitrogens is 2. The van der Waals surface area contributed by atoms with E-state index in [9.17, 15) is 0 Å². The summed E-state index contributed by atoms with van der Waals surface area (Å²) in [6.07, 6.45) is 2.38. The summed E-state index contributed by atoms with van der Waals surface area (Å²) in [5.41, 5.74) is 10.0. The van der Waals surface area contributed by atoms with Crippen LogP contribution in [0.4, 0.5) is 5.82 Å². The molecule has 0 atom stereocenters. The minimum atomic E-state index is 0.445. The highest BCUT2D eigenvalue weighted by Gasteiger charge is 2.10. The molecule has 0 saturated heterocycles. The van der Waals surface area contributed by atoms with Crippen molar-refractivity contribution in [2.45, 2.75) is 17.1 Å². The van der Waals surface area contributed by atoms with Gasteiger partial charge in [-0.1, -0.05) is 47.6 Å². The number of pyridine rings is 1. The molecular formula is C22H19N3OS. The first-order chi connectivity index (χ1) is 13.3. The van der Waals surface area contributed by atoms with Crippen molar-refractivity contribution in [3.63, 3.8) is 0 Å². The lowest BCUT2D eigenvalue weighted by Crippen LogP contribution is -1.92. The average Bonchev–Trinajstić information content (AvgIpc) is 3.17. The van der Waals surface area contributed by atoms with Crippen LogP contribution in [0.25, 0.3) is 11.3 Å². The molecule has 2 aromatic heterocycles. The highest BCUT2D eigenvalue weighted by Crippen LogP contribution is 2.26. The quantitative estimate of drug-likeness (QED) is 0.471. The van der Waals surface area contributed by atoms with E-state index >= 15 is 0 Å². The summed E-state index contributed by atoms with van der Waals surface area (Å²) in [4.78, 5) is 5.37. The monoisotopic (exact) mass is 373 g/mol. The molecule has 0 spiro atoms. The number of nitrogens with zero attached hydrogens (tertiary/aromatic N) is 2. The Morgan fingerprint density at radius 3 is 2.44 bits per heavy atom. The number of hydrogen-bond acceptors (Lipinski definition) is 5. The van der Waals surface area contributed by atoms with Gasteiger partial charge >= 0.3 is 0 Å². The van der Waals surface area contributed by atoms with Crippen LogP contribution in [0.2, 0.25) is 0 Å². The molecule has 2 heterocycles. The standard InChI is InChI=1S/C22H19N3OS/c23-22-20(7-4-12-24-22)21-14-18(25-26-21)13-16-8-10-17(11-9-16)15-27-19-5-2-1-3-6-19/h1-12,14H,13,15H2,(H2,23,24). The summed E-state index contributed by atoms with van der Waals surface area (Å²) in [5, 5.41) is 4.16. The number of benzene rings is 2. The van der Waals surface area contributed by atoms with Crippen molar-refractivity contribution in [2.75, 3.05) is 5.73 Å². The molecule has 0 aliphatic rings. The fourth-order valence-corrected chi connectivity index (χ4v) is 3.67. The molecule has 0 fully saturated rings. The van der Waals surface area contributed by atoms with Crippen LogP contribution in [-0.4, -0.2) is 10.1 Å². The molecule has 5 heteroatoms. The maximum Gasteiger partial charge on any atom is 0.170 e. The number of nitrogen functional groups attached to an aromatic ring is 1. The van der Waals surface area contributed by atoms with Crippen LogP contribution in [0.5, 0.6) is 0 Å². The molecule has 0 aliphatic heterocycles. The van der Waals surface area contributed by atoms with Crippen LogP contribution in [0, 0.1) is 0 Å². The molecule has 4 rings (SSSR count). The second kappa shape index (κ2) is 8.10. The SMILES string of the molecule is Nc1ncccc1-c1cc(Cc2ccc(CSc3ccccc3)cc2)no1. The maximum atomic E-state index is 5.90. The normalized spacial score (nSPS) is 10.8. The second-order valence-electron chi connectivity index (χ2n) is 6.21. The number of rotatable bonds is 6. The van der Waals surface area contributed by atoms with E-state index in [4.69, 9.17) is 10.3 Å². The maximum absolute atomic E-state index is 5.90. The van der Waals surface area contributed by atoms with Crippen molar-refractivity contribution in [3.05, 3.63) is 95.8 Å². The third kappa shape index (κ3) is 4.38. The minimum absolute atomic E-state index is 0.445. The number of anilines is 1. The van der Waals surface area contributed by atoms with Gasteiger partial charge < -0.3 is 10.3 Å². The third-order valence-corrected chi connectivity index (χ3v) is 5.30. The molecule has 0 unspecified atom stereocenters. The van der Waals surface area contributed by atoms with E-state index in [-0.39, 0.29) is 0 Å². The van der Waals surface area contributed by atoms with Gasteiger partial charge in [-0.05, 0) is 35.4 Å². The van der Waals surface area contributed by atoms with E-state index in [0.29, 0.717) is 11.6 Å². The van der Waals surface area contributed by atoms with Gasteiger partial charge in [-0.3, -0.25) is 0 Å². The van der Waals surface area contributed by atoms with E-state index < -0.39 is 0 Å². The zero-order valence-corrected chi connectivity index (χ0v) is 15.5. The fourth-order valence-electron chi connectivity index (χ4n) is 2.79. The zero-order chi connectivity index (χ0) is 18.5. The smallest absolute Gasteiger partial charge is 0.170 e. The first-order valence-electron chi connectivity index (χ1n) is 8.70. The number of thioether (sulfide) groups is 1. The molecule has 0 saturated carbocycles. The van der Waals surface area contributed by atoms with E-state index in [0.717, 1.165) is 23.4 Å². The highest BCUT2D eigenvalue weighted by molar-refractivity contribution is 7.98. The summed E-state index contributed by atoms with van der Waals surface area (Å²) < 4.78 is 5.44. The van der Waals surface area contributed by atoms with Gasteiger partial charge in [0.1, 0.15) is 5.82 Å². The zero-order valence-electron chi connectivity index (χ0n) is 14.7. The summed E-state index contributed by atoms with van der Waals surface area (Å²) in [5.74, 6) is 2.05. The Kier molecular flexibility index (Phi) is 5.21. The van der Waals surface area contributed by atoms with E-state index in [1.807, 2.05) is 36.0 Å². The predicted molar refractivity (Wildman–Crippen MR) is 109 cm³/mol. The van der Waals surface area contributed by atoms with Gasteiger partial charge in [-0.2, -0.15) is 0 Å². The number of hydrogen-bond donors (Lipinski definition) is 1. The molecule has 0 bridgehead atoms. The summed E-state index contributed by atoms with van der Waals surface area (Å²) >= 11 is 1.84. The first-order valence-corrected chi connectivity index (χ1v) is 9.68. The molecule has 0 aliphatic carbocycles. The Balaban J connectivity index is 1.39. The lowest BCUT2D eigenvalue weighted by Gasteiger charge is -2.03. The Hall–Kier alpha value is -3.05. The van der Waals surface area contributed by atoms with Crippen molar-refractivity contribution >= 4 is 17.6 Å². The first kappa shape index (κ1) is 17.4. The van der Waals surface area contributed by atoms with Crippen LogP contribution < -0.4 is 5.73 Å². The summed E-state index contributed by atoms with van der Waals surface area (Å²) in [6.45, 7) is 0. The van der Waals surface area contributed by atoms with Crippen molar-refractivity contribution < 1.29 is 4.52 Å². The van der Waals surface area contributed by atoms with Crippen molar-refractivity contribution in [1.29, 1.82) is 0 Å². The van der Waals surface area contributed by atoms with Crippen molar-refractivity contribution in [2.24, 2.45) is 0 Å². The molecule has 27 heavy (non-hydrogen) atoms. The third-order valence-electron chi connectivity index (χ3n) is 4.22. The van der Waals surface area contributed by atoms with Crippen molar-refractivity contribution in [3.8, 4) is 11.3 Å². The molecule has 0 amide bonds. The van der Waals surface area contributed by atoms with Gasteiger partial charge in [-0.25, -0.2) is 4.98 Å². The van der Waals surface area contributed by atoms with Gasteiger partial charge in [0.2, 0.25) is 0 Å².